The molecule has 0 saturated carbocycles. The number of ketones is 1. The van der Waals surface area contributed by atoms with E-state index in [0.29, 0.717) is 6.42 Å². The molecular weight excluding hydrogens is 457 g/mol. The van der Waals surface area contributed by atoms with E-state index in [0.717, 1.165) is 91.1 Å². The zero-order valence-electron chi connectivity index (χ0n) is 21.6. The van der Waals surface area contributed by atoms with Gasteiger partial charge in [0.05, 0.1) is 0 Å². The van der Waals surface area contributed by atoms with Crippen LogP contribution in [0.5, 0.6) is 0 Å². The molecule has 1 fully saturated rings. The SMILES string of the molecule is C=Cc1c2[n-]c(c1C)/C=C1\[N-]/C(=C3/CC(=O)c4c3[n-]c(c4C)/C=c3\[n-]/c(c(C)c3CC)=C\2)C[C@@H]1C.[Mg+2]. The molecule has 0 amide bonds. The maximum absolute atomic E-state index is 13.1. The maximum atomic E-state index is 13.1. The van der Waals surface area contributed by atoms with Crippen molar-refractivity contribution in [3.8, 4) is 0 Å². The Bertz CT molecular complexity index is 1640. The maximum Gasteiger partial charge on any atom is 2.00 e. The Hall–Kier alpha value is -2.96. The van der Waals surface area contributed by atoms with Crippen LogP contribution in [-0.4, -0.2) is 28.8 Å². The molecule has 1 aliphatic carbocycles. The van der Waals surface area contributed by atoms with E-state index >= 15 is 0 Å². The van der Waals surface area contributed by atoms with Gasteiger partial charge in [0.1, 0.15) is 0 Å². The molecule has 6 heteroatoms. The first-order chi connectivity index (χ1) is 16.8. The van der Waals surface area contributed by atoms with Gasteiger partial charge in [-0.25, -0.2) is 0 Å². The summed E-state index contributed by atoms with van der Waals surface area (Å²) >= 11 is 0. The summed E-state index contributed by atoms with van der Waals surface area (Å²) in [7, 11) is 0. The van der Waals surface area contributed by atoms with E-state index in [1.54, 1.807) is 0 Å². The van der Waals surface area contributed by atoms with Crippen LogP contribution in [0.2, 0.25) is 0 Å². The fraction of sp³-hybridized carbons (Fsp3) is 0.300. The van der Waals surface area contributed by atoms with Crippen molar-refractivity contribution in [2.24, 2.45) is 5.92 Å². The van der Waals surface area contributed by atoms with Gasteiger partial charge in [-0.05, 0) is 45.1 Å². The van der Waals surface area contributed by atoms with Gasteiger partial charge in [0.15, 0.2) is 5.78 Å². The van der Waals surface area contributed by atoms with Crippen LogP contribution < -0.4 is 25.7 Å². The molecule has 3 aromatic heterocycles. The van der Waals surface area contributed by atoms with Gasteiger partial charge in [0, 0.05) is 12.0 Å². The fourth-order valence-electron chi connectivity index (χ4n) is 5.75. The summed E-state index contributed by atoms with van der Waals surface area (Å²) in [6.07, 6.45) is 10.1. The predicted molar refractivity (Wildman–Crippen MR) is 146 cm³/mol. The molecule has 0 N–H and O–H groups in total. The normalized spacial score (nSPS) is 23.2. The van der Waals surface area contributed by atoms with Gasteiger partial charge in [0.2, 0.25) is 0 Å². The van der Waals surface area contributed by atoms with Crippen LogP contribution in [0.15, 0.2) is 18.0 Å². The van der Waals surface area contributed by atoms with Crippen LogP contribution in [0.3, 0.4) is 0 Å². The van der Waals surface area contributed by atoms with Crippen molar-refractivity contribution in [1.29, 1.82) is 0 Å². The molecule has 2 aliphatic heterocycles. The summed E-state index contributed by atoms with van der Waals surface area (Å²) in [5.41, 5.74) is 12.5. The van der Waals surface area contributed by atoms with E-state index in [4.69, 9.17) is 20.3 Å². The van der Waals surface area contributed by atoms with Crippen molar-refractivity contribution in [2.75, 3.05) is 0 Å². The van der Waals surface area contributed by atoms with Crippen molar-refractivity contribution in [2.45, 2.75) is 53.9 Å². The number of Topliss-reactive ketones (excluding diaryl/α,β-unsaturated/α-hetero) is 1. The Morgan fingerprint density at radius 2 is 1.69 bits per heavy atom. The molecule has 0 aromatic carbocycles. The molecular formula is C30H28MgN4O-2. The van der Waals surface area contributed by atoms with Gasteiger partial charge in [-0.2, -0.15) is 11.4 Å². The van der Waals surface area contributed by atoms with Gasteiger partial charge in [-0.3, -0.25) is 4.79 Å². The molecule has 3 aromatic rings. The number of aromatic nitrogens is 3. The quantitative estimate of drug-likeness (QED) is 0.515. The zero-order valence-corrected chi connectivity index (χ0v) is 23.0. The average molecular weight is 485 g/mol. The van der Waals surface area contributed by atoms with Gasteiger partial charge in [0.25, 0.3) is 0 Å². The summed E-state index contributed by atoms with van der Waals surface area (Å²) < 4.78 is 0. The Labute approximate surface area is 227 Å². The van der Waals surface area contributed by atoms with E-state index in [2.05, 4.69) is 46.4 Å². The minimum Gasteiger partial charge on any atom is -0.664 e. The van der Waals surface area contributed by atoms with Crippen molar-refractivity contribution >= 4 is 58.7 Å². The summed E-state index contributed by atoms with van der Waals surface area (Å²) in [5, 5.41) is 6.84. The van der Waals surface area contributed by atoms with Crippen LogP contribution in [0, 0.1) is 26.7 Å². The van der Waals surface area contributed by atoms with Crippen molar-refractivity contribution in [3.63, 3.8) is 0 Å². The molecule has 0 radical (unpaired) electrons. The van der Waals surface area contributed by atoms with Crippen LogP contribution in [0.4, 0.5) is 0 Å². The molecule has 1 atom stereocenters. The first kappa shape index (κ1) is 24.7. The third kappa shape index (κ3) is 3.53. The van der Waals surface area contributed by atoms with Crippen molar-refractivity contribution in [1.82, 2.24) is 15.0 Å². The standard InChI is InChI=1S/C30H29N4O.Mg/c1-7-18-15(4)22-11-21-14(3)9-25(31-21)20-10-28(35)29-17(6)24(34-30(20)29)13-27-19(8-2)16(5)23(33-27)12-26(18)32-22;/h7,11-14H,1,8-10H2,2-6H3,(H-,31,34,35);/q-3;+2/p-1/b21-11-,23-12-,27-13-;/t14-;/m0./s1. The fourth-order valence-corrected chi connectivity index (χ4v) is 5.75. The number of nitrogens with zero attached hydrogens (tertiary/aromatic N) is 4. The molecule has 5 heterocycles. The van der Waals surface area contributed by atoms with E-state index in [1.165, 1.54) is 5.56 Å². The number of rotatable bonds is 2. The average Bonchev–Trinajstić information content (AvgIpc) is 3.58. The smallest absolute Gasteiger partial charge is 0.664 e. The van der Waals surface area contributed by atoms with Crippen molar-refractivity contribution in [3.05, 3.63) is 90.1 Å². The third-order valence-electron chi connectivity index (χ3n) is 7.83. The van der Waals surface area contributed by atoms with E-state index in [9.17, 15) is 4.79 Å². The van der Waals surface area contributed by atoms with Crippen LogP contribution >= 0.6 is 0 Å². The second-order valence-corrected chi connectivity index (χ2v) is 9.91. The van der Waals surface area contributed by atoms with Gasteiger partial charge in [-0.15, -0.1) is 33.5 Å². The van der Waals surface area contributed by atoms with Crippen LogP contribution in [-0.2, 0) is 6.42 Å². The number of allylic oxidation sites excluding steroid dienone is 3. The third-order valence-corrected chi connectivity index (χ3v) is 7.83. The van der Waals surface area contributed by atoms with Gasteiger partial charge in [-0.1, -0.05) is 72.6 Å². The van der Waals surface area contributed by atoms with Crippen LogP contribution in [0.25, 0.3) is 35.2 Å². The molecule has 36 heavy (non-hydrogen) atoms. The van der Waals surface area contributed by atoms with Gasteiger partial charge >= 0.3 is 23.1 Å². The number of hydrogen-bond acceptors (Lipinski definition) is 1. The van der Waals surface area contributed by atoms with Gasteiger partial charge < -0.3 is 20.3 Å². The molecule has 0 spiro atoms. The topological polar surface area (TPSA) is 73.5 Å². The molecule has 178 valence electrons. The molecule has 0 unspecified atom stereocenters. The van der Waals surface area contributed by atoms with Crippen LogP contribution in [0.1, 0.15) is 87.6 Å². The molecule has 3 aliphatic rings. The number of carbonyl (C=O) groups is 1. The minimum absolute atomic E-state index is 0. The van der Waals surface area contributed by atoms with E-state index < -0.39 is 0 Å². The first-order valence-corrected chi connectivity index (χ1v) is 12.3. The Morgan fingerprint density at radius 3 is 2.42 bits per heavy atom. The molecule has 1 saturated heterocycles. The number of fused-ring (bicyclic) bond motifs is 7. The largest absolute Gasteiger partial charge is 2.00 e. The summed E-state index contributed by atoms with van der Waals surface area (Å²) in [4.78, 5) is 28.0. The second kappa shape index (κ2) is 8.85. The minimum atomic E-state index is 0. The number of carbonyl (C=O) groups excluding carboxylic acids is 1. The summed E-state index contributed by atoms with van der Waals surface area (Å²) in [6.45, 7) is 14.6. The second-order valence-electron chi connectivity index (χ2n) is 9.91. The summed E-state index contributed by atoms with van der Waals surface area (Å²) in [6, 6.07) is 0. The monoisotopic (exact) mass is 484 g/mol. The molecule has 6 rings (SSSR count). The Morgan fingerprint density at radius 1 is 0.972 bits per heavy atom. The zero-order chi connectivity index (χ0) is 24.6. The number of hydrogen-bond donors (Lipinski definition) is 0. The van der Waals surface area contributed by atoms with Crippen molar-refractivity contribution < 1.29 is 4.79 Å². The van der Waals surface area contributed by atoms with E-state index in [-0.39, 0.29) is 34.8 Å². The predicted octanol–water partition coefficient (Wildman–Crippen LogP) is 4.03. The Balaban J connectivity index is 0.00000267. The van der Waals surface area contributed by atoms with E-state index in [1.807, 2.05) is 19.1 Å². The first-order valence-electron chi connectivity index (χ1n) is 12.3. The molecule has 8 bridgehead atoms. The summed E-state index contributed by atoms with van der Waals surface area (Å²) in [5.74, 6) is 0.386. The Kier molecular flexibility index (Phi) is 6.08. The molecule has 5 nitrogen and oxygen atoms in total.